The number of ether oxygens (including phenoxy) is 1. The van der Waals surface area contributed by atoms with Crippen LogP contribution >= 0.6 is 0 Å². The molecule has 1 aromatic carbocycles. The second kappa shape index (κ2) is 7.89. The fourth-order valence-corrected chi connectivity index (χ4v) is 3.49. The van der Waals surface area contributed by atoms with Crippen molar-refractivity contribution in [2.24, 2.45) is 5.92 Å². The molecule has 2 aliphatic rings. The number of fused-ring (bicyclic) bond motifs is 1. The fourth-order valence-electron chi connectivity index (χ4n) is 3.49. The topological polar surface area (TPSA) is 49.9 Å². The summed E-state index contributed by atoms with van der Waals surface area (Å²) in [7, 11) is 0. The normalized spacial score (nSPS) is 17.2. The Bertz CT molecular complexity index is 634. The third-order valence-electron chi connectivity index (χ3n) is 4.90. The summed E-state index contributed by atoms with van der Waals surface area (Å²) in [5.41, 5.74) is 2.26. The molecule has 0 aliphatic carbocycles. The Morgan fingerprint density at radius 2 is 1.76 bits per heavy atom. The van der Waals surface area contributed by atoms with Crippen molar-refractivity contribution >= 4 is 11.8 Å². The van der Waals surface area contributed by atoms with Gasteiger partial charge in [0.2, 0.25) is 11.8 Å². The summed E-state index contributed by atoms with van der Waals surface area (Å²) in [6.07, 6.45) is 3.07. The van der Waals surface area contributed by atoms with E-state index in [0.717, 1.165) is 30.8 Å². The third kappa shape index (κ3) is 4.53. The van der Waals surface area contributed by atoms with Crippen LogP contribution in [0.1, 0.15) is 37.8 Å². The van der Waals surface area contributed by atoms with Crippen LogP contribution in [0.2, 0.25) is 0 Å². The number of rotatable bonds is 4. The molecule has 0 radical (unpaired) electrons. The summed E-state index contributed by atoms with van der Waals surface area (Å²) >= 11 is 0. The summed E-state index contributed by atoms with van der Waals surface area (Å²) in [5.74, 6) is 1.68. The predicted molar refractivity (Wildman–Crippen MR) is 96.6 cm³/mol. The van der Waals surface area contributed by atoms with Crippen LogP contribution in [0.25, 0.3) is 0 Å². The number of carbonyl (C=O) groups excluding carboxylic acids is 2. The highest BCUT2D eigenvalue weighted by atomic mass is 16.5. The first-order valence-corrected chi connectivity index (χ1v) is 9.33. The maximum atomic E-state index is 12.6. The Morgan fingerprint density at radius 3 is 2.44 bits per heavy atom. The minimum atomic E-state index is 0.146. The first-order valence-electron chi connectivity index (χ1n) is 9.33. The molecule has 0 bridgehead atoms. The number of hydrogen-bond acceptors (Lipinski definition) is 3. The summed E-state index contributed by atoms with van der Waals surface area (Å²) in [5, 5.41) is 0. The van der Waals surface area contributed by atoms with E-state index in [1.54, 1.807) is 0 Å². The van der Waals surface area contributed by atoms with Crippen molar-refractivity contribution in [2.75, 3.05) is 32.8 Å². The highest BCUT2D eigenvalue weighted by molar-refractivity contribution is 5.80. The number of nitrogens with zero attached hydrogens (tertiary/aromatic N) is 2. The van der Waals surface area contributed by atoms with Crippen LogP contribution in [0.15, 0.2) is 18.2 Å². The minimum absolute atomic E-state index is 0.146. The highest BCUT2D eigenvalue weighted by Crippen LogP contribution is 2.26. The van der Waals surface area contributed by atoms with Gasteiger partial charge in [-0.3, -0.25) is 9.59 Å². The molecule has 1 saturated heterocycles. The van der Waals surface area contributed by atoms with Crippen LogP contribution in [0.3, 0.4) is 0 Å². The van der Waals surface area contributed by atoms with Crippen molar-refractivity contribution in [2.45, 2.75) is 39.5 Å². The molecule has 1 fully saturated rings. The van der Waals surface area contributed by atoms with Crippen molar-refractivity contribution in [3.63, 3.8) is 0 Å². The first-order chi connectivity index (χ1) is 12.0. The van der Waals surface area contributed by atoms with Gasteiger partial charge in [0.1, 0.15) is 5.75 Å². The molecule has 0 atom stereocenters. The van der Waals surface area contributed by atoms with Gasteiger partial charge in [0, 0.05) is 32.6 Å². The van der Waals surface area contributed by atoms with Gasteiger partial charge in [0.15, 0.2) is 0 Å². The Hall–Kier alpha value is -2.04. The monoisotopic (exact) mass is 344 g/mol. The van der Waals surface area contributed by atoms with E-state index in [1.807, 2.05) is 21.9 Å². The Kier molecular flexibility index (Phi) is 5.61. The van der Waals surface area contributed by atoms with E-state index in [9.17, 15) is 9.59 Å². The van der Waals surface area contributed by atoms with Crippen LogP contribution in [-0.4, -0.2) is 54.4 Å². The number of piperazine rings is 1. The zero-order valence-electron chi connectivity index (χ0n) is 15.3. The van der Waals surface area contributed by atoms with Gasteiger partial charge in [-0.1, -0.05) is 26.0 Å². The predicted octanol–water partition coefficient (Wildman–Crippen LogP) is 2.27. The van der Waals surface area contributed by atoms with E-state index in [0.29, 0.717) is 44.9 Å². The Balaban J connectivity index is 1.52. The molecule has 3 rings (SSSR count). The molecule has 0 unspecified atom stereocenters. The van der Waals surface area contributed by atoms with Crippen molar-refractivity contribution < 1.29 is 14.3 Å². The Labute approximate surface area is 149 Å². The third-order valence-corrected chi connectivity index (χ3v) is 4.90. The van der Waals surface area contributed by atoms with E-state index in [-0.39, 0.29) is 11.8 Å². The largest absolute Gasteiger partial charge is 0.493 e. The average molecular weight is 344 g/mol. The van der Waals surface area contributed by atoms with E-state index in [2.05, 4.69) is 19.9 Å². The molecule has 2 amide bonds. The molecule has 0 spiro atoms. The van der Waals surface area contributed by atoms with E-state index in [1.165, 1.54) is 5.56 Å². The molecule has 2 heterocycles. The van der Waals surface area contributed by atoms with Gasteiger partial charge in [-0.25, -0.2) is 0 Å². The molecule has 5 heteroatoms. The molecule has 2 aliphatic heterocycles. The molecular formula is C20H28N2O3. The average Bonchev–Trinajstić information content (AvgIpc) is 2.61. The van der Waals surface area contributed by atoms with Crippen LogP contribution < -0.4 is 4.74 Å². The molecule has 0 aromatic heterocycles. The van der Waals surface area contributed by atoms with Crippen molar-refractivity contribution in [3.05, 3.63) is 29.3 Å². The number of hydrogen-bond donors (Lipinski definition) is 0. The fraction of sp³-hybridized carbons (Fsp3) is 0.600. The van der Waals surface area contributed by atoms with E-state index >= 15 is 0 Å². The molecule has 0 N–H and O–H groups in total. The van der Waals surface area contributed by atoms with Gasteiger partial charge in [-0.15, -0.1) is 0 Å². The van der Waals surface area contributed by atoms with Gasteiger partial charge in [-0.05, 0) is 36.0 Å². The standard InChI is InChI=1S/C20H28N2O3/c1-15(2)12-19(23)21-7-9-22(10-8-21)20(24)14-16-5-6-18-17(13-16)4-3-11-25-18/h5-6,13,15H,3-4,7-12,14H2,1-2H3. The van der Waals surface area contributed by atoms with E-state index < -0.39 is 0 Å². The quantitative estimate of drug-likeness (QED) is 0.842. The lowest BCUT2D eigenvalue weighted by Crippen LogP contribution is -2.51. The van der Waals surface area contributed by atoms with Gasteiger partial charge in [-0.2, -0.15) is 0 Å². The smallest absolute Gasteiger partial charge is 0.227 e. The zero-order valence-corrected chi connectivity index (χ0v) is 15.3. The lowest BCUT2D eigenvalue weighted by molar-refractivity contribution is -0.139. The number of amides is 2. The van der Waals surface area contributed by atoms with Crippen LogP contribution in [-0.2, 0) is 22.4 Å². The zero-order chi connectivity index (χ0) is 17.8. The molecule has 0 saturated carbocycles. The molecule has 1 aromatic rings. The SMILES string of the molecule is CC(C)CC(=O)N1CCN(C(=O)Cc2ccc3c(c2)CCCO3)CC1. The second-order valence-electron chi connectivity index (χ2n) is 7.43. The summed E-state index contributed by atoms with van der Waals surface area (Å²) in [6, 6.07) is 6.08. The highest BCUT2D eigenvalue weighted by Gasteiger charge is 2.24. The van der Waals surface area contributed by atoms with Gasteiger partial charge in [0.05, 0.1) is 13.0 Å². The van der Waals surface area contributed by atoms with E-state index in [4.69, 9.17) is 4.74 Å². The number of carbonyl (C=O) groups is 2. The second-order valence-corrected chi connectivity index (χ2v) is 7.43. The molecular weight excluding hydrogens is 316 g/mol. The molecule has 25 heavy (non-hydrogen) atoms. The van der Waals surface area contributed by atoms with Crippen LogP contribution in [0.4, 0.5) is 0 Å². The summed E-state index contributed by atoms with van der Waals surface area (Å²) in [4.78, 5) is 28.5. The maximum Gasteiger partial charge on any atom is 0.227 e. The molecule has 136 valence electrons. The van der Waals surface area contributed by atoms with Gasteiger partial charge >= 0.3 is 0 Å². The Morgan fingerprint density at radius 1 is 1.08 bits per heavy atom. The first kappa shape index (κ1) is 17.8. The van der Waals surface area contributed by atoms with Crippen molar-refractivity contribution in [1.29, 1.82) is 0 Å². The maximum absolute atomic E-state index is 12.6. The molecule has 5 nitrogen and oxygen atoms in total. The lowest BCUT2D eigenvalue weighted by atomic mass is 10.0. The van der Waals surface area contributed by atoms with Crippen LogP contribution in [0.5, 0.6) is 5.75 Å². The number of aryl methyl sites for hydroxylation is 1. The van der Waals surface area contributed by atoms with Crippen molar-refractivity contribution in [1.82, 2.24) is 9.80 Å². The lowest BCUT2D eigenvalue weighted by Gasteiger charge is -2.35. The van der Waals surface area contributed by atoms with Crippen LogP contribution in [0, 0.1) is 5.92 Å². The summed E-state index contributed by atoms with van der Waals surface area (Å²) in [6.45, 7) is 7.46. The van der Waals surface area contributed by atoms with Gasteiger partial charge in [0.25, 0.3) is 0 Å². The minimum Gasteiger partial charge on any atom is -0.493 e. The van der Waals surface area contributed by atoms with Crippen molar-refractivity contribution in [3.8, 4) is 5.75 Å². The number of benzene rings is 1. The van der Waals surface area contributed by atoms with Gasteiger partial charge < -0.3 is 14.5 Å². The summed E-state index contributed by atoms with van der Waals surface area (Å²) < 4.78 is 5.63.